The molecule has 0 aliphatic heterocycles. The third-order valence-corrected chi connectivity index (χ3v) is 3.88. The number of halogens is 1. The fraction of sp³-hybridized carbons (Fsp3) is 0.714. The minimum absolute atomic E-state index is 0. The van der Waals surface area contributed by atoms with Crippen LogP contribution in [-0.2, 0) is 18.3 Å². The lowest BCUT2D eigenvalue weighted by Crippen LogP contribution is -2.55. The number of nitrogens with zero attached hydrogens (tertiary/aromatic N) is 2. The molecule has 20 heavy (non-hydrogen) atoms. The van der Waals surface area contributed by atoms with Gasteiger partial charge in [-0.25, -0.2) is 0 Å². The number of aryl methyl sites for hydroxylation is 2. The lowest BCUT2D eigenvalue weighted by molar-refractivity contribution is -0.127. The summed E-state index contributed by atoms with van der Waals surface area (Å²) in [6.07, 6.45) is 10.7. The zero-order valence-electron chi connectivity index (χ0n) is 12.1. The van der Waals surface area contributed by atoms with Gasteiger partial charge in [0.05, 0.1) is 11.7 Å². The Hall–Kier alpha value is -1.07. The summed E-state index contributed by atoms with van der Waals surface area (Å²) in [6, 6.07) is 0. The molecule has 1 aliphatic rings. The molecular formula is C14H25ClN4O. The van der Waals surface area contributed by atoms with Crippen molar-refractivity contribution in [2.45, 2.75) is 50.5 Å². The lowest BCUT2D eigenvalue weighted by atomic mass is 9.82. The molecule has 0 aromatic carbocycles. The van der Waals surface area contributed by atoms with Crippen LogP contribution in [0.4, 0.5) is 0 Å². The van der Waals surface area contributed by atoms with Gasteiger partial charge in [0.25, 0.3) is 0 Å². The lowest BCUT2D eigenvalue weighted by Gasteiger charge is -2.31. The van der Waals surface area contributed by atoms with Gasteiger partial charge in [-0.2, -0.15) is 5.10 Å². The number of carbonyl (C=O) groups excluding carboxylic acids is 1. The van der Waals surface area contributed by atoms with E-state index in [-0.39, 0.29) is 18.3 Å². The first-order valence-electron chi connectivity index (χ1n) is 7.15. The predicted octanol–water partition coefficient (Wildman–Crippen LogP) is 1.55. The highest BCUT2D eigenvalue weighted by Gasteiger charge is 2.34. The second-order valence-electron chi connectivity index (χ2n) is 5.60. The van der Waals surface area contributed by atoms with Crippen molar-refractivity contribution in [3.05, 3.63) is 18.0 Å². The van der Waals surface area contributed by atoms with Gasteiger partial charge in [-0.05, 0) is 31.2 Å². The van der Waals surface area contributed by atoms with Crippen molar-refractivity contribution < 1.29 is 4.79 Å². The number of hydrogen-bond donors (Lipinski definition) is 2. The molecule has 1 amide bonds. The third-order valence-electron chi connectivity index (χ3n) is 3.88. The van der Waals surface area contributed by atoms with Crippen LogP contribution >= 0.6 is 12.4 Å². The monoisotopic (exact) mass is 300 g/mol. The second-order valence-corrected chi connectivity index (χ2v) is 5.60. The number of carbonyl (C=O) groups is 1. The van der Waals surface area contributed by atoms with E-state index in [0.717, 1.165) is 38.5 Å². The van der Waals surface area contributed by atoms with Crippen LogP contribution in [0.1, 0.15) is 44.1 Å². The highest BCUT2D eigenvalue weighted by atomic mass is 35.5. The Bertz CT molecular complexity index is 427. The molecule has 1 heterocycles. The number of amides is 1. The van der Waals surface area contributed by atoms with Gasteiger partial charge in [0.2, 0.25) is 5.91 Å². The van der Waals surface area contributed by atoms with Crippen molar-refractivity contribution in [1.29, 1.82) is 0 Å². The topological polar surface area (TPSA) is 72.9 Å². The Kier molecular flexibility index (Phi) is 6.49. The van der Waals surface area contributed by atoms with E-state index in [0.29, 0.717) is 6.54 Å². The van der Waals surface area contributed by atoms with E-state index < -0.39 is 5.54 Å². The maximum Gasteiger partial charge on any atom is 0.240 e. The van der Waals surface area contributed by atoms with Crippen LogP contribution in [-0.4, -0.2) is 27.8 Å². The van der Waals surface area contributed by atoms with E-state index in [9.17, 15) is 4.79 Å². The molecule has 1 saturated carbocycles. The second kappa shape index (κ2) is 7.64. The molecule has 0 saturated heterocycles. The molecule has 5 nitrogen and oxygen atoms in total. The van der Waals surface area contributed by atoms with Crippen molar-refractivity contribution >= 4 is 18.3 Å². The third kappa shape index (κ3) is 4.49. The van der Waals surface area contributed by atoms with Crippen LogP contribution in [0.3, 0.4) is 0 Å². The molecule has 0 atom stereocenters. The van der Waals surface area contributed by atoms with Crippen LogP contribution in [0.2, 0.25) is 0 Å². The van der Waals surface area contributed by atoms with E-state index in [2.05, 4.69) is 10.4 Å². The molecule has 2 rings (SSSR count). The molecule has 0 bridgehead atoms. The number of rotatable bonds is 5. The van der Waals surface area contributed by atoms with Gasteiger partial charge in [-0.1, -0.05) is 19.3 Å². The van der Waals surface area contributed by atoms with Gasteiger partial charge >= 0.3 is 0 Å². The van der Waals surface area contributed by atoms with Crippen molar-refractivity contribution in [1.82, 2.24) is 15.1 Å². The Morgan fingerprint density at radius 3 is 2.75 bits per heavy atom. The van der Waals surface area contributed by atoms with E-state index in [1.807, 2.05) is 19.4 Å². The van der Waals surface area contributed by atoms with Crippen LogP contribution < -0.4 is 11.1 Å². The molecule has 0 spiro atoms. The Morgan fingerprint density at radius 1 is 1.45 bits per heavy atom. The number of nitrogens with two attached hydrogens (primary N) is 1. The summed E-state index contributed by atoms with van der Waals surface area (Å²) in [5.74, 6) is 0.0263. The molecule has 1 aliphatic carbocycles. The summed E-state index contributed by atoms with van der Waals surface area (Å²) in [5.41, 5.74) is 6.76. The summed E-state index contributed by atoms with van der Waals surface area (Å²) >= 11 is 0. The average Bonchev–Trinajstić information content (AvgIpc) is 2.81. The molecule has 0 radical (unpaired) electrons. The van der Waals surface area contributed by atoms with Gasteiger partial charge in [-0.15, -0.1) is 12.4 Å². The van der Waals surface area contributed by atoms with Gasteiger partial charge < -0.3 is 11.1 Å². The minimum Gasteiger partial charge on any atom is -0.354 e. The quantitative estimate of drug-likeness (QED) is 0.810. The van der Waals surface area contributed by atoms with Crippen molar-refractivity contribution in [2.24, 2.45) is 12.8 Å². The predicted molar refractivity (Wildman–Crippen MR) is 81.8 cm³/mol. The van der Waals surface area contributed by atoms with Gasteiger partial charge in [0.1, 0.15) is 0 Å². The van der Waals surface area contributed by atoms with Gasteiger partial charge in [0, 0.05) is 19.8 Å². The molecule has 0 unspecified atom stereocenters. The number of hydrogen-bond acceptors (Lipinski definition) is 3. The first-order valence-corrected chi connectivity index (χ1v) is 7.15. The summed E-state index contributed by atoms with van der Waals surface area (Å²) < 4.78 is 1.80. The largest absolute Gasteiger partial charge is 0.354 e. The maximum absolute atomic E-state index is 12.1. The van der Waals surface area contributed by atoms with E-state index in [1.165, 1.54) is 12.0 Å². The average molecular weight is 301 g/mol. The van der Waals surface area contributed by atoms with Crippen LogP contribution in [0.5, 0.6) is 0 Å². The SMILES string of the molecule is Cl.Cn1cc(CCCNC(=O)C2(N)CCCCC2)cn1. The van der Waals surface area contributed by atoms with Gasteiger partial charge in [0.15, 0.2) is 0 Å². The zero-order chi connectivity index (χ0) is 13.7. The molecule has 1 aromatic heterocycles. The smallest absolute Gasteiger partial charge is 0.240 e. The maximum atomic E-state index is 12.1. The number of aromatic nitrogens is 2. The van der Waals surface area contributed by atoms with Crippen LogP contribution in [0.25, 0.3) is 0 Å². The standard InChI is InChI=1S/C14H24N4O.ClH/c1-18-11-12(10-17-18)6-5-9-16-13(19)14(15)7-3-2-4-8-14;/h10-11H,2-9,15H2,1H3,(H,16,19);1H. The Labute approximate surface area is 126 Å². The molecule has 3 N–H and O–H groups in total. The molecule has 6 heteroatoms. The van der Waals surface area contributed by atoms with Crippen molar-refractivity contribution in [3.8, 4) is 0 Å². The summed E-state index contributed by atoms with van der Waals surface area (Å²) in [6.45, 7) is 0.687. The molecular weight excluding hydrogens is 276 g/mol. The summed E-state index contributed by atoms with van der Waals surface area (Å²) in [5, 5.41) is 7.10. The van der Waals surface area contributed by atoms with Crippen LogP contribution in [0, 0.1) is 0 Å². The first-order chi connectivity index (χ1) is 9.10. The highest BCUT2D eigenvalue weighted by molar-refractivity contribution is 5.86. The minimum atomic E-state index is -0.618. The highest BCUT2D eigenvalue weighted by Crippen LogP contribution is 2.25. The fourth-order valence-corrected chi connectivity index (χ4v) is 2.68. The van der Waals surface area contributed by atoms with Crippen LogP contribution in [0.15, 0.2) is 12.4 Å². The molecule has 114 valence electrons. The Balaban J connectivity index is 0.00000200. The summed E-state index contributed by atoms with van der Waals surface area (Å²) in [7, 11) is 1.91. The zero-order valence-corrected chi connectivity index (χ0v) is 12.9. The molecule has 1 aromatic rings. The number of nitrogens with one attached hydrogen (secondary N) is 1. The van der Waals surface area contributed by atoms with Gasteiger partial charge in [-0.3, -0.25) is 9.48 Å². The fourth-order valence-electron chi connectivity index (χ4n) is 2.68. The van der Waals surface area contributed by atoms with E-state index in [1.54, 1.807) is 4.68 Å². The first kappa shape index (κ1) is 17.0. The Morgan fingerprint density at radius 2 is 2.15 bits per heavy atom. The van der Waals surface area contributed by atoms with Crippen molar-refractivity contribution in [2.75, 3.05) is 6.54 Å². The van der Waals surface area contributed by atoms with E-state index in [4.69, 9.17) is 5.73 Å². The normalized spacial score (nSPS) is 17.3. The summed E-state index contributed by atoms with van der Waals surface area (Å²) in [4.78, 5) is 12.1. The molecule has 1 fully saturated rings. The van der Waals surface area contributed by atoms with E-state index >= 15 is 0 Å². The van der Waals surface area contributed by atoms with Crippen molar-refractivity contribution in [3.63, 3.8) is 0 Å².